The molecule has 0 radical (unpaired) electrons. The van der Waals surface area contributed by atoms with E-state index in [0.717, 1.165) is 18.9 Å². The first-order chi connectivity index (χ1) is 7.25. The van der Waals surface area contributed by atoms with E-state index in [1.165, 1.54) is 12.8 Å². The molecule has 2 heterocycles. The second-order valence-corrected chi connectivity index (χ2v) is 4.35. The van der Waals surface area contributed by atoms with E-state index < -0.39 is 0 Å². The molecule has 2 rings (SSSR count). The molecule has 1 aromatic heterocycles. The number of hydrogen-bond donors (Lipinski definition) is 1. The van der Waals surface area contributed by atoms with Crippen LogP contribution in [0.1, 0.15) is 32.7 Å². The van der Waals surface area contributed by atoms with E-state index in [9.17, 15) is 0 Å². The fraction of sp³-hybridized carbons (Fsp3) is 0.727. The van der Waals surface area contributed by atoms with Crippen molar-refractivity contribution in [1.29, 1.82) is 0 Å². The molecule has 0 aromatic carbocycles. The average molecular weight is 209 g/mol. The monoisotopic (exact) mass is 209 g/mol. The van der Waals surface area contributed by atoms with E-state index in [1.807, 2.05) is 10.9 Å². The third kappa shape index (κ3) is 2.72. The molecule has 1 atom stereocenters. The first kappa shape index (κ1) is 10.5. The Bertz CT molecular complexity index is 303. The summed E-state index contributed by atoms with van der Waals surface area (Å²) < 4.78 is 7.59. The molecular formula is C11H19N3O. The fourth-order valence-electron chi connectivity index (χ4n) is 1.77. The Morgan fingerprint density at radius 3 is 3.13 bits per heavy atom. The molecule has 1 N–H and O–H groups in total. The maximum Gasteiger partial charge on any atom is 0.157 e. The number of hydrogen-bond acceptors (Lipinski definition) is 3. The summed E-state index contributed by atoms with van der Waals surface area (Å²) in [4.78, 5) is 0. The van der Waals surface area contributed by atoms with Gasteiger partial charge < -0.3 is 10.1 Å². The van der Waals surface area contributed by atoms with Crippen molar-refractivity contribution < 1.29 is 4.74 Å². The largest absolute Gasteiger partial charge is 0.489 e. The molecule has 1 aliphatic rings. The van der Waals surface area contributed by atoms with Crippen LogP contribution < -0.4 is 10.1 Å². The normalized spacial score (nSPS) is 21.1. The molecule has 0 spiro atoms. The van der Waals surface area contributed by atoms with Gasteiger partial charge in [-0.05, 0) is 33.2 Å². The molecule has 4 heteroatoms. The highest BCUT2D eigenvalue weighted by atomic mass is 16.5. The number of ether oxygens (including phenoxy) is 1. The molecule has 0 aliphatic carbocycles. The topological polar surface area (TPSA) is 39.1 Å². The zero-order valence-electron chi connectivity index (χ0n) is 9.44. The van der Waals surface area contributed by atoms with Crippen LogP contribution in [-0.2, 0) is 0 Å². The quantitative estimate of drug-likeness (QED) is 0.818. The summed E-state index contributed by atoms with van der Waals surface area (Å²) in [6.45, 7) is 6.09. The molecule has 15 heavy (non-hydrogen) atoms. The standard InChI is InChI=1S/C11H19N3O/c1-9(2)14-7-11(6-13-14)15-8-10-4-3-5-12-10/h6-7,9-10,12H,3-5,8H2,1-2H3/t10-/m0/s1. The zero-order valence-corrected chi connectivity index (χ0v) is 9.44. The van der Waals surface area contributed by atoms with Crippen molar-refractivity contribution in [3.63, 3.8) is 0 Å². The SMILES string of the molecule is CC(C)n1cc(OC[C@@H]2CCCN2)cn1. The molecule has 4 nitrogen and oxygen atoms in total. The van der Waals surface area contributed by atoms with Crippen molar-refractivity contribution in [2.45, 2.75) is 38.8 Å². The summed E-state index contributed by atoms with van der Waals surface area (Å²) in [5.74, 6) is 0.873. The lowest BCUT2D eigenvalue weighted by Gasteiger charge is -2.10. The maximum atomic E-state index is 5.67. The van der Waals surface area contributed by atoms with E-state index in [0.29, 0.717) is 12.1 Å². The first-order valence-corrected chi connectivity index (χ1v) is 5.66. The zero-order chi connectivity index (χ0) is 10.7. The van der Waals surface area contributed by atoms with E-state index in [2.05, 4.69) is 24.3 Å². The van der Waals surface area contributed by atoms with Crippen LogP contribution in [0.3, 0.4) is 0 Å². The average Bonchev–Trinajstić information content (AvgIpc) is 2.86. The minimum absolute atomic E-state index is 0.395. The molecule has 0 unspecified atom stereocenters. The van der Waals surface area contributed by atoms with Crippen LogP contribution in [0.15, 0.2) is 12.4 Å². The highest BCUT2D eigenvalue weighted by Crippen LogP contribution is 2.14. The number of rotatable bonds is 4. The van der Waals surface area contributed by atoms with Gasteiger partial charge in [-0.1, -0.05) is 0 Å². The molecule has 1 saturated heterocycles. The summed E-state index contributed by atoms with van der Waals surface area (Å²) >= 11 is 0. The summed E-state index contributed by atoms with van der Waals surface area (Å²) in [5, 5.41) is 7.64. The van der Waals surface area contributed by atoms with Crippen molar-refractivity contribution in [3.8, 4) is 5.75 Å². The molecule has 84 valence electrons. The van der Waals surface area contributed by atoms with Crippen LogP contribution in [0.25, 0.3) is 0 Å². The van der Waals surface area contributed by atoms with E-state index in [4.69, 9.17) is 4.74 Å². The lowest BCUT2D eigenvalue weighted by atomic mass is 10.2. The minimum atomic E-state index is 0.395. The van der Waals surface area contributed by atoms with Crippen LogP contribution in [0.2, 0.25) is 0 Å². The van der Waals surface area contributed by atoms with Crippen molar-refractivity contribution >= 4 is 0 Å². The Morgan fingerprint density at radius 1 is 1.67 bits per heavy atom. The van der Waals surface area contributed by atoms with Gasteiger partial charge in [0.2, 0.25) is 0 Å². The summed E-state index contributed by atoms with van der Waals surface area (Å²) in [5.41, 5.74) is 0. The van der Waals surface area contributed by atoms with E-state index in [-0.39, 0.29) is 0 Å². The van der Waals surface area contributed by atoms with Gasteiger partial charge >= 0.3 is 0 Å². The molecule has 0 bridgehead atoms. The highest BCUT2D eigenvalue weighted by Gasteiger charge is 2.14. The van der Waals surface area contributed by atoms with Gasteiger partial charge in [0.1, 0.15) is 6.61 Å². The van der Waals surface area contributed by atoms with Gasteiger partial charge in [-0.25, -0.2) is 0 Å². The fourth-order valence-corrected chi connectivity index (χ4v) is 1.77. The number of nitrogens with zero attached hydrogens (tertiary/aromatic N) is 2. The molecule has 0 saturated carbocycles. The second kappa shape index (κ2) is 4.66. The van der Waals surface area contributed by atoms with Crippen LogP contribution >= 0.6 is 0 Å². The van der Waals surface area contributed by atoms with Crippen molar-refractivity contribution in [2.24, 2.45) is 0 Å². The summed E-state index contributed by atoms with van der Waals surface area (Å²) in [6.07, 6.45) is 6.23. The highest BCUT2D eigenvalue weighted by molar-refractivity contribution is 5.12. The first-order valence-electron chi connectivity index (χ1n) is 5.66. The van der Waals surface area contributed by atoms with Crippen molar-refractivity contribution in [3.05, 3.63) is 12.4 Å². The van der Waals surface area contributed by atoms with Gasteiger partial charge in [-0.2, -0.15) is 5.10 Å². The Balaban J connectivity index is 1.82. The lowest BCUT2D eigenvalue weighted by Crippen LogP contribution is -2.28. The summed E-state index contributed by atoms with van der Waals surface area (Å²) in [7, 11) is 0. The molecule has 0 amide bonds. The second-order valence-electron chi connectivity index (χ2n) is 4.35. The summed E-state index contributed by atoms with van der Waals surface area (Å²) in [6, 6.07) is 0.916. The van der Waals surface area contributed by atoms with Gasteiger partial charge in [-0.15, -0.1) is 0 Å². The smallest absolute Gasteiger partial charge is 0.157 e. The predicted molar refractivity (Wildman–Crippen MR) is 59.1 cm³/mol. The van der Waals surface area contributed by atoms with Gasteiger partial charge in [0, 0.05) is 12.1 Å². The van der Waals surface area contributed by atoms with Gasteiger partial charge in [-0.3, -0.25) is 4.68 Å². The Kier molecular flexibility index (Phi) is 3.26. The maximum absolute atomic E-state index is 5.67. The lowest BCUT2D eigenvalue weighted by molar-refractivity contribution is 0.276. The van der Waals surface area contributed by atoms with Crippen molar-refractivity contribution in [2.75, 3.05) is 13.2 Å². The number of aromatic nitrogens is 2. The van der Waals surface area contributed by atoms with Crippen LogP contribution in [0, 0.1) is 0 Å². The molecule has 1 aliphatic heterocycles. The third-order valence-corrected chi connectivity index (χ3v) is 2.72. The Morgan fingerprint density at radius 2 is 2.53 bits per heavy atom. The molecule has 1 fully saturated rings. The predicted octanol–water partition coefficient (Wildman–Crippen LogP) is 1.59. The van der Waals surface area contributed by atoms with Gasteiger partial charge in [0.05, 0.1) is 12.4 Å². The Hall–Kier alpha value is -1.03. The van der Waals surface area contributed by atoms with Crippen molar-refractivity contribution in [1.82, 2.24) is 15.1 Å². The molecular weight excluding hydrogens is 190 g/mol. The van der Waals surface area contributed by atoms with E-state index in [1.54, 1.807) is 6.20 Å². The van der Waals surface area contributed by atoms with Crippen LogP contribution in [0.5, 0.6) is 5.75 Å². The van der Waals surface area contributed by atoms with Crippen LogP contribution in [-0.4, -0.2) is 29.0 Å². The van der Waals surface area contributed by atoms with Crippen LogP contribution in [0.4, 0.5) is 0 Å². The Labute approximate surface area is 90.6 Å². The third-order valence-electron chi connectivity index (χ3n) is 2.72. The van der Waals surface area contributed by atoms with Gasteiger partial charge in [0.15, 0.2) is 5.75 Å². The minimum Gasteiger partial charge on any atom is -0.489 e. The van der Waals surface area contributed by atoms with E-state index >= 15 is 0 Å². The number of nitrogens with one attached hydrogen (secondary N) is 1. The molecule has 1 aromatic rings. The van der Waals surface area contributed by atoms with Gasteiger partial charge in [0.25, 0.3) is 0 Å².